The van der Waals surface area contributed by atoms with Crippen LogP contribution in [0.15, 0.2) is 0 Å². The fourth-order valence-electron chi connectivity index (χ4n) is 1.23. The molecule has 72 valence electrons. The monoisotopic (exact) mass is 173 g/mol. The largest absolute Gasteiger partial charge is 0.353 e. The van der Waals surface area contributed by atoms with Crippen LogP contribution >= 0.6 is 0 Å². The van der Waals surface area contributed by atoms with Gasteiger partial charge in [0.25, 0.3) is 0 Å². The Morgan fingerprint density at radius 2 is 1.75 bits per heavy atom. The van der Waals surface area contributed by atoms with Crippen molar-refractivity contribution in [1.29, 1.82) is 0 Å². The number of nitrogens with two attached hydrogens (primary N) is 1. The van der Waals surface area contributed by atoms with Crippen LogP contribution in [0.25, 0.3) is 0 Å². The van der Waals surface area contributed by atoms with Gasteiger partial charge in [0.1, 0.15) is 0 Å². The predicted molar refractivity (Wildman–Crippen MR) is 47.8 cm³/mol. The maximum atomic E-state index is 5.95. The van der Waals surface area contributed by atoms with E-state index in [9.17, 15) is 0 Å². The van der Waals surface area contributed by atoms with Gasteiger partial charge < -0.3 is 15.2 Å². The van der Waals surface area contributed by atoms with E-state index in [4.69, 9.17) is 15.2 Å². The molecule has 1 rings (SSSR count). The molecule has 0 saturated heterocycles. The van der Waals surface area contributed by atoms with Gasteiger partial charge in [-0.1, -0.05) is 0 Å². The van der Waals surface area contributed by atoms with Crippen molar-refractivity contribution in [3.8, 4) is 0 Å². The molecule has 1 aliphatic rings. The first-order valence-electron chi connectivity index (χ1n) is 4.72. The predicted octanol–water partition coefficient (Wildman–Crippen LogP) is 1.27. The van der Waals surface area contributed by atoms with Gasteiger partial charge in [-0.15, -0.1) is 0 Å². The van der Waals surface area contributed by atoms with Crippen LogP contribution in [0.1, 0.15) is 33.1 Å². The van der Waals surface area contributed by atoms with Gasteiger partial charge in [0, 0.05) is 25.2 Å². The van der Waals surface area contributed by atoms with E-state index >= 15 is 0 Å². The zero-order chi connectivity index (χ0) is 9.03. The van der Waals surface area contributed by atoms with Gasteiger partial charge in [-0.3, -0.25) is 0 Å². The standard InChI is InChI=1S/C9H19NO2/c1-3-11-8(12-4-2)7-9(10)5-6-9/h8H,3-7,10H2,1-2H3. The Bertz CT molecular complexity index is 128. The minimum absolute atomic E-state index is 0.0228. The molecule has 0 aromatic rings. The molecule has 3 heteroatoms. The van der Waals surface area contributed by atoms with Gasteiger partial charge in [-0.25, -0.2) is 0 Å². The van der Waals surface area contributed by atoms with Crippen molar-refractivity contribution in [2.75, 3.05) is 13.2 Å². The van der Waals surface area contributed by atoms with Gasteiger partial charge in [0.05, 0.1) is 0 Å². The number of hydrogen-bond acceptors (Lipinski definition) is 3. The second kappa shape index (κ2) is 4.21. The molecule has 12 heavy (non-hydrogen) atoms. The van der Waals surface area contributed by atoms with Crippen molar-refractivity contribution in [2.45, 2.75) is 44.9 Å². The molecule has 1 saturated carbocycles. The zero-order valence-corrected chi connectivity index (χ0v) is 8.01. The van der Waals surface area contributed by atoms with Gasteiger partial charge in [-0.05, 0) is 26.7 Å². The third-order valence-electron chi connectivity index (χ3n) is 2.17. The van der Waals surface area contributed by atoms with E-state index in [1.54, 1.807) is 0 Å². The van der Waals surface area contributed by atoms with Crippen LogP contribution in [0.5, 0.6) is 0 Å². The summed E-state index contributed by atoms with van der Waals surface area (Å²) in [7, 11) is 0. The maximum Gasteiger partial charge on any atom is 0.159 e. The third kappa shape index (κ3) is 3.09. The Morgan fingerprint density at radius 3 is 2.08 bits per heavy atom. The van der Waals surface area contributed by atoms with E-state index in [-0.39, 0.29) is 11.8 Å². The van der Waals surface area contributed by atoms with Gasteiger partial charge in [0.15, 0.2) is 6.29 Å². The molecule has 1 fully saturated rings. The SMILES string of the molecule is CCOC(CC1(N)CC1)OCC. The summed E-state index contributed by atoms with van der Waals surface area (Å²) in [5, 5.41) is 0. The minimum atomic E-state index is -0.0903. The normalized spacial score (nSPS) is 20.0. The Morgan fingerprint density at radius 1 is 1.25 bits per heavy atom. The molecular weight excluding hydrogens is 154 g/mol. The Balaban J connectivity index is 2.22. The Hall–Kier alpha value is -0.120. The summed E-state index contributed by atoms with van der Waals surface area (Å²) >= 11 is 0. The van der Waals surface area contributed by atoms with Gasteiger partial charge in [-0.2, -0.15) is 0 Å². The first-order chi connectivity index (χ1) is 5.70. The van der Waals surface area contributed by atoms with Crippen LogP contribution in [0.3, 0.4) is 0 Å². The number of ether oxygens (including phenoxy) is 2. The summed E-state index contributed by atoms with van der Waals surface area (Å²) in [5.74, 6) is 0. The average molecular weight is 173 g/mol. The number of rotatable bonds is 6. The summed E-state index contributed by atoms with van der Waals surface area (Å²) in [5.41, 5.74) is 5.97. The van der Waals surface area contributed by atoms with Crippen LogP contribution in [0.2, 0.25) is 0 Å². The summed E-state index contributed by atoms with van der Waals surface area (Å²) in [6.45, 7) is 5.34. The quantitative estimate of drug-likeness (QED) is 0.615. The molecule has 2 N–H and O–H groups in total. The van der Waals surface area contributed by atoms with Crippen LogP contribution in [0.4, 0.5) is 0 Å². The van der Waals surface area contributed by atoms with Crippen molar-refractivity contribution in [3.63, 3.8) is 0 Å². The number of hydrogen-bond donors (Lipinski definition) is 1. The van der Waals surface area contributed by atoms with Crippen LogP contribution < -0.4 is 5.73 Å². The topological polar surface area (TPSA) is 44.5 Å². The summed E-state index contributed by atoms with van der Waals surface area (Å²) in [6, 6.07) is 0. The Labute approximate surface area is 74.2 Å². The highest BCUT2D eigenvalue weighted by molar-refractivity contribution is 4.99. The van der Waals surface area contributed by atoms with Crippen molar-refractivity contribution >= 4 is 0 Å². The molecule has 0 aromatic carbocycles. The lowest BCUT2D eigenvalue weighted by atomic mass is 10.2. The van der Waals surface area contributed by atoms with Crippen LogP contribution in [-0.2, 0) is 9.47 Å². The second-order valence-corrected chi connectivity index (χ2v) is 3.41. The molecular formula is C9H19NO2. The molecule has 0 spiro atoms. The molecule has 0 heterocycles. The van der Waals surface area contributed by atoms with Crippen molar-refractivity contribution in [2.24, 2.45) is 5.73 Å². The van der Waals surface area contributed by atoms with Crippen molar-refractivity contribution in [3.05, 3.63) is 0 Å². The first-order valence-corrected chi connectivity index (χ1v) is 4.72. The van der Waals surface area contributed by atoms with E-state index < -0.39 is 0 Å². The second-order valence-electron chi connectivity index (χ2n) is 3.41. The lowest BCUT2D eigenvalue weighted by molar-refractivity contribution is -0.143. The molecule has 1 aliphatic carbocycles. The lowest BCUT2D eigenvalue weighted by Gasteiger charge is -2.19. The third-order valence-corrected chi connectivity index (χ3v) is 2.17. The molecule has 0 amide bonds. The first kappa shape index (κ1) is 9.96. The van der Waals surface area contributed by atoms with Crippen molar-refractivity contribution in [1.82, 2.24) is 0 Å². The fourth-order valence-corrected chi connectivity index (χ4v) is 1.23. The van der Waals surface area contributed by atoms with Gasteiger partial charge >= 0.3 is 0 Å². The van der Waals surface area contributed by atoms with E-state index in [0.717, 1.165) is 19.3 Å². The highest BCUT2D eigenvalue weighted by Gasteiger charge is 2.40. The maximum absolute atomic E-state index is 5.95. The molecule has 0 atom stereocenters. The smallest absolute Gasteiger partial charge is 0.159 e. The van der Waals surface area contributed by atoms with Crippen LogP contribution in [-0.4, -0.2) is 25.0 Å². The van der Waals surface area contributed by atoms with Gasteiger partial charge in [0.2, 0.25) is 0 Å². The highest BCUT2D eigenvalue weighted by atomic mass is 16.7. The molecule has 0 aliphatic heterocycles. The molecule has 0 aromatic heterocycles. The van der Waals surface area contributed by atoms with E-state index in [2.05, 4.69) is 0 Å². The molecule has 0 radical (unpaired) electrons. The van der Waals surface area contributed by atoms with E-state index in [1.165, 1.54) is 0 Å². The van der Waals surface area contributed by atoms with E-state index in [1.807, 2.05) is 13.8 Å². The molecule has 0 unspecified atom stereocenters. The van der Waals surface area contributed by atoms with E-state index in [0.29, 0.717) is 13.2 Å². The zero-order valence-electron chi connectivity index (χ0n) is 8.01. The summed E-state index contributed by atoms with van der Waals surface area (Å²) < 4.78 is 10.8. The summed E-state index contributed by atoms with van der Waals surface area (Å²) in [6.07, 6.45) is 2.98. The lowest BCUT2D eigenvalue weighted by Crippen LogP contribution is -2.31. The highest BCUT2D eigenvalue weighted by Crippen LogP contribution is 2.37. The summed E-state index contributed by atoms with van der Waals surface area (Å²) in [4.78, 5) is 0. The van der Waals surface area contributed by atoms with Crippen LogP contribution in [0, 0.1) is 0 Å². The minimum Gasteiger partial charge on any atom is -0.353 e. The average Bonchev–Trinajstić information content (AvgIpc) is 2.69. The Kier molecular flexibility index (Phi) is 3.50. The van der Waals surface area contributed by atoms with Crippen molar-refractivity contribution < 1.29 is 9.47 Å². The molecule has 0 bridgehead atoms. The fraction of sp³-hybridized carbons (Fsp3) is 1.00. The molecule has 3 nitrogen and oxygen atoms in total.